The van der Waals surface area contributed by atoms with Crippen molar-refractivity contribution in [1.29, 1.82) is 0 Å². The summed E-state index contributed by atoms with van der Waals surface area (Å²) in [4.78, 5) is 0. The van der Waals surface area contributed by atoms with Crippen molar-refractivity contribution in [2.45, 2.75) is 12.3 Å². The van der Waals surface area contributed by atoms with Crippen LogP contribution in [-0.2, 0) is 0 Å². The van der Waals surface area contributed by atoms with E-state index >= 15 is 0 Å². The highest BCUT2D eigenvalue weighted by atomic mass is 35.5. The quantitative estimate of drug-likeness (QED) is 0.831. The van der Waals surface area contributed by atoms with Gasteiger partial charge in [-0.1, -0.05) is 29.8 Å². The number of hydrogen-bond donors (Lipinski definition) is 0. The van der Waals surface area contributed by atoms with E-state index in [1.165, 1.54) is 5.56 Å². The summed E-state index contributed by atoms with van der Waals surface area (Å²) < 4.78 is 11.5. The fourth-order valence-electron chi connectivity index (χ4n) is 2.32. The van der Waals surface area contributed by atoms with Gasteiger partial charge in [-0.3, -0.25) is 0 Å². The minimum absolute atomic E-state index is 0.389. The first-order valence-corrected chi connectivity index (χ1v) is 6.81. The van der Waals surface area contributed by atoms with Gasteiger partial charge in [0.05, 0.1) is 13.2 Å². The van der Waals surface area contributed by atoms with Crippen LogP contribution in [0.3, 0.4) is 0 Å². The predicted octanol–water partition coefficient (Wildman–Crippen LogP) is 4.29. The molecule has 2 nitrogen and oxygen atoms in total. The SMILES string of the molecule is Clc1ccc(OCC2CCOc3ccccc32)cc1. The molecule has 0 saturated carbocycles. The molecule has 2 aromatic carbocycles. The van der Waals surface area contributed by atoms with E-state index in [2.05, 4.69) is 6.07 Å². The molecule has 1 unspecified atom stereocenters. The van der Waals surface area contributed by atoms with Gasteiger partial charge in [0.2, 0.25) is 0 Å². The molecule has 0 radical (unpaired) electrons. The smallest absolute Gasteiger partial charge is 0.122 e. The lowest BCUT2D eigenvalue weighted by Gasteiger charge is -2.25. The van der Waals surface area contributed by atoms with Crippen molar-refractivity contribution in [1.82, 2.24) is 0 Å². The molecule has 1 heterocycles. The van der Waals surface area contributed by atoms with Crippen LogP contribution < -0.4 is 9.47 Å². The number of benzene rings is 2. The van der Waals surface area contributed by atoms with Gasteiger partial charge in [0.1, 0.15) is 11.5 Å². The van der Waals surface area contributed by atoms with Crippen LogP contribution in [0.1, 0.15) is 17.9 Å². The van der Waals surface area contributed by atoms with Gasteiger partial charge in [-0.15, -0.1) is 0 Å². The molecule has 0 N–H and O–H groups in total. The van der Waals surface area contributed by atoms with Crippen molar-refractivity contribution in [2.75, 3.05) is 13.2 Å². The van der Waals surface area contributed by atoms with Crippen molar-refractivity contribution in [3.05, 3.63) is 59.1 Å². The molecule has 0 amide bonds. The van der Waals surface area contributed by atoms with Crippen LogP contribution in [-0.4, -0.2) is 13.2 Å². The molecule has 0 fully saturated rings. The molecule has 1 aliphatic rings. The lowest BCUT2D eigenvalue weighted by molar-refractivity contribution is 0.217. The van der Waals surface area contributed by atoms with E-state index in [1.807, 2.05) is 42.5 Å². The van der Waals surface area contributed by atoms with Crippen LogP contribution in [0, 0.1) is 0 Å². The Morgan fingerprint density at radius 2 is 1.89 bits per heavy atom. The lowest BCUT2D eigenvalue weighted by atomic mass is 9.94. The third kappa shape index (κ3) is 2.85. The van der Waals surface area contributed by atoms with E-state index in [0.29, 0.717) is 12.5 Å². The number of halogens is 1. The molecular formula is C16H15ClO2. The molecule has 0 bridgehead atoms. The number of ether oxygens (including phenoxy) is 2. The summed E-state index contributed by atoms with van der Waals surface area (Å²) >= 11 is 5.86. The first-order chi connectivity index (χ1) is 9.33. The molecule has 98 valence electrons. The zero-order valence-corrected chi connectivity index (χ0v) is 11.3. The second-order valence-electron chi connectivity index (χ2n) is 4.64. The Balaban J connectivity index is 1.69. The van der Waals surface area contributed by atoms with Crippen molar-refractivity contribution < 1.29 is 9.47 Å². The van der Waals surface area contributed by atoms with Gasteiger partial charge in [-0.05, 0) is 36.8 Å². The summed E-state index contributed by atoms with van der Waals surface area (Å²) in [5.41, 5.74) is 1.24. The standard InChI is InChI=1S/C16H15ClO2/c17-13-5-7-14(8-6-13)19-11-12-9-10-18-16-4-2-1-3-15(12)16/h1-8,12H,9-11H2. The lowest BCUT2D eigenvalue weighted by Crippen LogP contribution is -2.19. The van der Waals surface area contributed by atoms with Crippen molar-refractivity contribution in [3.63, 3.8) is 0 Å². The minimum atomic E-state index is 0.389. The third-order valence-electron chi connectivity index (χ3n) is 3.35. The van der Waals surface area contributed by atoms with Crippen molar-refractivity contribution in [3.8, 4) is 11.5 Å². The van der Waals surface area contributed by atoms with Gasteiger partial charge in [-0.2, -0.15) is 0 Å². The van der Waals surface area contributed by atoms with Crippen LogP contribution in [0.15, 0.2) is 48.5 Å². The van der Waals surface area contributed by atoms with E-state index in [-0.39, 0.29) is 0 Å². The summed E-state index contributed by atoms with van der Waals surface area (Å²) in [7, 11) is 0. The van der Waals surface area contributed by atoms with Gasteiger partial charge in [0.15, 0.2) is 0 Å². The minimum Gasteiger partial charge on any atom is -0.493 e. The predicted molar refractivity (Wildman–Crippen MR) is 76.2 cm³/mol. The summed E-state index contributed by atoms with van der Waals surface area (Å²) in [6, 6.07) is 15.7. The van der Waals surface area contributed by atoms with Gasteiger partial charge >= 0.3 is 0 Å². The second kappa shape index (κ2) is 5.54. The third-order valence-corrected chi connectivity index (χ3v) is 3.60. The van der Waals surface area contributed by atoms with Crippen molar-refractivity contribution >= 4 is 11.6 Å². The fourth-order valence-corrected chi connectivity index (χ4v) is 2.44. The van der Waals surface area contributed by atoms with E-state index in [9.17, 15) is 0 Å². The molecule has 3 heteroatoms. The van der Waals surface area contributed by atoms with E-state index in [4.69, 9.17) is 21.1 Å². The van der Waals surface area contributed by atoms with Crippen LogP contribution in [0.2, 0.25) is 5.02 Å². The first kappa shape index (κ1) is 12.4. The molecule has 0 aromatic heterocycles. The summed E-state index contributed by atoms with van der Waals surface area (Å²) in [6.07, 6.45) is 0.991. The highest BCUT2D eigenvalue weighted by Gasteiger charge is 2.21. The fraction of sp³-hybridized carbons (Fsp3) is 0.250. The molecule has 0 aliphatic carbocycles. The van der Waals surface area contributed by atoms with E-state index in [0.717, 1.165) is 29.5 Å². The molecule has 0 saturated heterocycles. The average molecular weight is 275 g/mol. The Hall–Kier alpha value is -1.67. The summed E-state index contributed by atoms with van der Waals surface area (Å²) in [5, 5.41) is 0.726. The number of fused-ring (bicyclic) bond motifs is 1. The Morgan fingerprint density at radius 1 is 1.11 bits per heavy atom. The van der Waals surface area contributed by atoms with Gasteiger partial charge < -0.3 is 9.47 Å². The topological polar surface area (TPSA) is 18.5 Å². The molecule has 0 spiro atoms. The Kier molecular flexibility index (Phi) is 3.60. The number of hydrogen-bond acceptors (Lipinski definition) is 2. The van der Waals surface area contributed by atoms with Crippen LogP contribution >= 0.6 is 11.6 Å². The highest BCUT2D eigenvalue weighted by Crippen LogP contribution is 2.33. The second-order valence-corrected chi connectivity index (χ2v) is 5.07. The van der Waals surface area contributed by atoms with E-state index < -0.39 is 0 Å². The molecule has 1 atom stereocenters. The Labute approximate surface area is 117 Å². The van der Waals surface area contributed by atoms with Gasteiger partial charge in [-0.25, -0.2) is 0 Å². The zero-order chi connectivity index (χ0) is 13.1. The Morgan fingerprint density at radius 3 is 2.74 bits per heavy atom. The monoisotopic (exact) mass is 274 g/mol. The number of rotatable bonds is 3. The van der Waals surface area contributed by atoms with Crippen molar-refractivity contribution in [2.24, 2.45) is 0 Å². The highest BCUT2D eigenvalue weighted by molar-refractivity contribution is 6.30. The summed E-state index contributed by atoms with van der Waals surface area (Å²) in [5.74, 6) is 2.23. The normalized spacial score (nSPS) is 17.4. The average Bonchev–Trinajstić information content (AvgIpc) is 2.47. The molecule has 1 aliphatic heterocycles. The molecule has 3 rings (SSSR count). The van der Waals surface area contributed by atoms with E-state index in [1.54, 1.807) is 0 Å². The van der Waals surface area contributed by atoms with Gasteiger partial charge in [0.25, 0.3) is 0 Å². The number of para-hydroxylation sites is 1. The largest absolute Gasteiger partial charge is 0.493 e. The molecule has 19 heavy (non-hydrogen) atoms. The Bertz CT molecular complexity index is 551. The maximum Gasteiger partial charge on any atom is 0.122 e. The van der Waals surface area contributed by atoms with Crippen LogP contribution in [0.25, 0.3) is 0 Å². The summed E-state index contributed by atoms with van der Waals surface area (Å²) in [6.45, 7) is 1.42. The maximum atomic E-state index is 5.86. The molecular weight excluding hydrogens is 260 g/mol. The zero-order valence-electron chi connectivity index (χ0n) is 10.5. The van der Waals surface area contributed by atoms with Gasteiger partial charge in [0, 0.05) is 16.5 Å². The van der Waals surface area contributed by atoms with Crippen LogP contribution in [0.5, 0.6) is 11.5 Å². The molecule has 2 aromatic rings. The maximum absolute atomic E-state index is 5.86. The first-order valence-electron chi connectivity index (χ1n) is 6.43. The van der Waals surface area contributed by atoms with Crippen LogP contribution in [0.4, 0.5) is 0 Å².